The molecule has 0 fully saturated rings. The number of nitrogens with zero attached hydrogens (tertiary/aromatic N) is 2. The normalized spacial score (nSPS) is 12.4. The van der Waals surface area contributed by atoms with Crippen molar-refractivity contribution in [1.82, 2.24) is 4.90 Å². The van der Waals surface area contributed by atoms with Crippen molar-refractivity contribution in [2.45, 2.75) is 26.5 Å². The lowest BCUT2D eigenvalue weighted by molar-refractivity contribution is 0.0627. The summed E-state index contributed by atoms with van der Waals surface area (Å²) in [5.74, 6) is -0.507. The summed E-state index contributed by atoms with van der Waals surface area (Å²) < 4.78 is 18.7. The average molecular weight is 283 g/mol. The second kappa shape index (κ2) is 7.81. The van der Waals surface area contributed by atoms with Crippen molar-refractivity contribution in [3.05, 3.63) is 35.1 Å². The zero-order valence-corrected chi connectivity index (χ0v) is 12.1. The minimum atomic E-state index is -0.416. The summed E-state index contributed by atoms with van der Waals surface area (Å²) in [6.45, 7) is 5.89. The molecule has 0 saturated heterocycles. The van der Waals surface area contributed by atoms with Crippen LogP contribution in [0.15, 0.2) is 23.4 Å². The van der Waals surface area contributed by atoms with Gasteiger partial charge < -0.3 is 15.7 Å². The molecule has 0 unspecified atom stereocenters. The molecular formula is C14H22FN3O2. The Kier molecular flexibility index (Phi) is 6.41. The molecule has 3 N–H and O–H groups in total. The van der Waals surface area contributed by atoms with Crippen LogP contribution in [0.4, 0.5) is 4.39 Å². The van der Waals surface area contributed by atoms with Gasteiger partial charge in [-0.1, -0.05) is 11.2 Å². The van der Waals surface area contributed by atoms with E-state index in [9.17, 15) is 4.39 Å². The SMILES string of the molecule is CC(C)OCCN(C)Cc1ccc(F)cc1/C(N)=N/O. The van der Waals surface area contributed by atoms with Crippen molar-refractivity contribution in [2.75, 3.05) is 20.2 Å². The van der Waals surface area contributed by atoms with E-state index < -0.39 is 5.82 Å². The van der Waals surface area contributed by atoms with Crippen molar-refractivity contribution >= 4 is 5.84 Å². The number of likely N-dealkylation sites (N-methyl/N-ethyl adjacent to an activating group) is 1. The Bertz CT molecular complexity index is 464. The van der Waals surface area contributed by atoms with Crippen molar-refractivity contribution in [3.63, 3.8) is 0 Å². The zero-order chi connectivity index (χ0) is 15.1. The van der Waals surface area contributed by atoms with Crippen LogP contribution in [0, 0.1) is 5.82 Å². The fourth-order valence-electron chi connectivity index (χ4n) is 1.79. The van der Waals surface area contributed by atoms with Crippen LogP contribution in [0.25, 0.3) is 0 Å². The summed E-state index contributed by atoms with van der Waals surface area (Å²) in [5.41, 5.74) is 6.78. The lowest BCUT2D eigenvalue weighted by Crippen LogP contribution is -2.26. The van der Waals surface area contributed by atoms with Crippen LogP contribution >= 0.6 is 0 Å². The molecule has 0 aliphatic rings. The molecule has 0 atom stereocenters. The van der Waals surface area contributed by atoms with Gasteiger partial charge in [-0.25, -0.2) is 4.39 Å². The number of rotatable bonds is 7. The van der Waals surface area contributed by atoms with Crippen molar-refractivity contribution < 1.29 is 14.3 Å². The van der Waals surface area contributed by atoms with Gasteiger partial charge in [0.2, 0.25) is 0 Å². The minimum Gasteiger partial charge on any atom is -0.409 e. The third kappa shape index (κ3) is 5.14. The van der Waals surface area contributed by atoms with Crippen LogP contribution in [-0.2, 0) is 11.3 Å². The van der Waals surface area contributed by atoms with Crippen molar-refractivity contribution in [2.24, 2.45) is 10.9 Å². The quantitative estimate of drug-likeness (QED) is 0.346. The van der Waals surface area contributed by atoms with E-state index in [1.165, 1.54) is 12.1 Å². The summed E-state index contributed by atoms with van der Waals surface area (Å²) in [5, 5.41) is 11.7. The van der Waals surface area contributed by atoms with Crippen LogP contribution in [0.5, 0.6) is 0 Å². The van der Waals surface area contributed by atoms with Crippen LogP contribution in [0.1, 0.15) is 25.0 Å². The van der Waals surface area contributed by atoms with E-state index in [1.54, 1.807) is 6.07 Å². The molecule has 1 aromatic carbocycles. The van der Waals surface area contributed by atoms with E-state index in [0.29, 0.717) is 18.7 Å². The third-order valence-corrected chi connectivity index (χ3v) is 2.82. The zero-order valence-electron chi connectivity index (χ0n) is 12.1. The molecule has 1 rings (SSSR count). The van der Waals surface area contributed by atoms with E-state index in [1.807, 2.05) is 25.8 Å². The van der Waals surface area contributed by atoms with Crippen LogP contribution in [0.3, 0.4) is 0 Å². The lowest BCUT2D eigenvalue weighted by atomic mass is 10.1. The maximum atomic E-state index is 13.2. The summed E-state index contributed by atoms with van der Waals surface area (Å²) in [7, 11) is 1.93. The van der Waals surface area contributed by atoms with E-state index in [4.69, 9.17) is 15.7 Å². The second-order valence-electron chi connectivity index (χ2n) is 4.94. The van der Waals surface area contributed by atoms with Crippen LogP contribution in [-0.4, -0.2) is 42.2 Å². The van der Waals surface area contributed by atoms with Gasteiger partial charge in [0.05, 0.1) is 12.7 Å². The molecular weight excluding hydrogens is 261 g/mol. The van der Waals surface area contributed by atoms with Gasteiger partial charge in [0.1, 0.15) is 5.82 Å². The Balaban J connectivity index is 2.71. The molecule has 112 valence electrons. The highest BCUT2D eigenvalue weighted by atomic mass is 19.1. The fraction of sp³-hybridized carbons (Fsp3) is 0.500. The molecule has 6 heteroatoms. The summed E-state index contributed by atoms with van der Waals surface area (Å²) in [6, 6.07) is 4.27. The molecule has 0 heterocycles. The first-order valence-electron chi connectivity index (χ1n) is 6.50. The van der Waals surface area contributed by atoms with Gasteiger partial charge in [0.15, 0.2) is 5.84 Å². The number of benzene rings is 1. The van der Waals surface area contributed by atoms with Gasteiger partial charge in [-0.2, -0.15) is 0 Å². The molecule has 0 amide bonds. The number of hydrogen-bond acceptors (Lipinski definition) is 4. The first-order valence-corrected chi connectivity index (χ1v) is 6.50. The molecule has 20 heavy (non-hydrogen) atoms. The smallest absolute Gasteiger partial charge is 0.170 e. The monoisotopic (exact) mass is 283 g/mol. The Morgan fingerprint density at radius 1 is 1.50 bits per heavy atom. The molecule has 0 bridgehead atoms. The largest absolute Gasteiger partial charge is 0.409 e. The molecule has 0 aromatic heterocycles. The highest BCUT2D eigenvalue weighted by Crippen LogP contribution is 2.13. The highest BCUT2D eigenvalue weighted by molar-refractivity contribution is 5.98. The fourth-order valence-corrected chi connectivity index (χ4v) is 1.79. The first-order chi connectivity index (χ1) is 9.43. The number of halogens is 1. The maximum Gasteiger partial charge on any atom is 0.170 e. The molecule has 0 radical (unpaired) electrons. The second-order valence-corrected chi connectivity index (χ2v) is 4.94. The minimum absolute atomic E-state index is 0.0914. The standard InChI is InChI=1S/C14H22FN3O2/c1-10(2)20-7-6-18(3)9-11-4-5-12(15)8-13(11)14(16)17-19/h4-5,8,10,19H,6-7,9H2,1-3H3,(H2,16,17). The van der Waals surface area contributed by atoms with E-state index in [-0.39, 0.29) is 11.9 Å². The predicted molar refractivity (Wildman–Crippen MR) is 76.3 cm³/mol. The number of amidine groups is 1. The highest BCUT2D eigenvalue weighted by Gasteiger charge is 2.11. The van der Waals surface area contributed by atoms with Gasteiger partial charge in [-0.15, -0.1) is 0 Å². The topological polar surface area (TPSA) is 71.1 Å². The van der Waals surface area contributed by atoms with Crippen molar-refractivity contribution in [1.29, 1.82) is 0 Å². The first kappa shape index (κ1) is 16.4. The van der Waals surface area contributed by atoms with Gasteiger partial charge in [-0.05, 0) is 38.6 Å². The molecule has 0 saturated carbocycles. The Labute approximate surface area is 118 Å². The van der Waals surface area contributed by atoms with E-state index in [2.05, 4.69) is 5.16 Å². The van der Waals surface area contributed by atoms with Gasteiger partial charge in [0.25, 0.3) is 0 Å². The molecule has 5 nitrogen and oxygen atoms in total. The van der Waals surface area contributed by atoms with Gasteiger partial charge in [-0.3, -0.25) is 4.90 Å². The summed E-state index contributed by atoms with van der Waals surface area (Å²) >= 11 is 0. The molecule has 0 aliphatic heterocycles. The Morgan fingerprint density at radius 3 is 2.80 bits per heavy atom. The van der Waals surface area contributed by atoms with Crippen molar-refractivity contribution in [3.8, 4) is 0 Å². The Morgan fingerprint density at radius 2 is 2.20 bits per heavy atom. The molecule has 0 aliphatic carbocycles. The van der Waals surface area contributed by atoms with Crippen LogP contribution in [0.2, 0.25) is 0 Å². The maximum absolute atomic E-state index is 13.2. The predicted octanol–water partition coefficient (Wildman–Crippen LogP) is 1.78. The number of oxime groups is 1. The third-order valence-electron chi connectivity index (χ3n) is 2.82. The molecule has 0 spiro atoms. The summed E-state index contributed by atoms with van der Waals surface area (Å²) in [4.78, 5) is 2.03. The number of ether oxygens (including phenoxy) is 1. The Hall–Kier alpha value is -1.66. The van der Waals surface area contributed by atoms with Gasteiger partial charge >= 0.3 is 0 Å². The van der Waals surface area contributed by atoms with E-state index in [0.717, 1.165) is 12.1 Å². The summed E-state index contributed by atoms with van der Waals surface area (Å²) in [6.07, 6.45) is 0.196. The molecule has 1 aromatic rings. The number of hydrogen-bond donors (Lipinski definition) is 2. The van der Waals surface area contributed by atoms with Gasteiger partial charge in [0, 0.05) is 18.7 Å². The lowest BCUT2D eigenvalue weighted by Gasteiger charge is -2.19. The van der Waals surface area contributed by atoms with Crippen LogP contribution < -0.4 is 5.73 Å². The van der Waals surface area contributed by atoms with E-state index >= 15 is 0 Å². The average Bonchev–Trinajstić information content (AvgIpc) is 2.39. The number of nitrogens with two attached hydrogens (primary N) is 1.